The largest absolute Gasteiger partial charge is 0.315 e. The zero-order valence-corrected chi connectivity index (χ0v) is 11.0. The average Bonchev–Trinajstić information content (AvgIpc) is 2.48. The number of hydrogen-bond donors (Lipinski definition) is 0. The molecule has 1 heterocycles. The molecule has 2 aromatic carbocycles. The predicted octanol–water partition coefficient (Wildman–Crippen LogP) is 4.24. The van der Waals surface area contributed by atoms with E-state index in [0.29, 0.717) is 25.1 Å². The Labute approximate surface area is 117 Å². The van der Waals surface area contributed by atoms with E-state index in [-0.39, 0.29) is 11.8 Å². The fourth-order valence-electron chi connectivity index (χ4n) is 2.54. The maximum Gasteiger partial charge on any atom is 0.190 e. The van der Waals surface area contributed by atoms with Crippen molar-refractivity contribution in [3.63, 3.8) is 0 Å². The van der Waals surface area contributed by atoms with E-state index in [4.69, 9.17) is 0 Å². The summed E-state index contributed by atoms with van der Waals surface area (Å²) >= 11 is 0. The molecule has 20 heavy (non-hydrogen) atoms. The van der Waals surface area contributed by atoms with Crippen LogP contribution in [0.4, 0.5) is 14.5 Å². The SMILES string of the molecule is FC1=CCc2cccc(F)c2N1CCc1ccccc1. The van der Waals surface area contributed by atoms with Crippen molar-refractivity contribution in [2.24, 2.45) is 0 Å². The van der Waals surface area contributed by atoms with Gasteiger partial charge in [0.25, 0.3) is 0 Å². The average molecular weight is 271 g/mol. The molecule has 0 radical (unpaired) electrons. The summed E-state index contributed by atoms with van der Waals surface area (Å²) in [6, 6.07) is 14.7. The highest BCUT2D eigenvalue weighted by molar-refractivity contribution is 5.61. The number of nitrogens with zero attached hydrogens (tertiary/aromatic N) is 1. The highest BCUT2D eigenvalue weighted by Gasteiger charge is 2.22. The normalized spacial score (nSPS) is 13.9. The van der Waals surface area contributed by atoms with Gasteiger partial charge in [-0.1, -0.05) is 42.5 Å². The highest BCUT2D eigenvalue weighted by Crippen LogP contribution is 2.32. The third-order valence-electron chi connectivity index (χ3n) is 3.56. The molecular formula is C17H15F2N. The van der Waals surface area contributed by atoms with Gasteiger partial charge in [0.1, 0.15) is 5.82 Å². The summed E-state index contributed by atoms with van der Waals surface area (Å²) in [6.07, 6.45) is 2.63. The first-order chi connectivity index (χ1) is 9.75. The van der Waals surface area contributed by atoms with Crippen LogP contribution < -0.4 is 4.90 Å². The van der Waals surface area contributed by atoms with E-state index in [9.17, 15) is 8.78 Å². The second-order valence-corrected chi connectivity index (χ2v) is 4.87. The zero-order valence-electron chi connectivity index (χ0n) is 11.0. The van der Waals surface area contributed by atoms with E-state index in [0.717, 1.165) is 11.1 Å². The first-order valence-corrected chi connectivity index (χ1v) is 6.70. The van der Waals surface area contributed by atoms with Crippen LogP contribution in [-0.2, 0) is 12.8 Å². The number of anilines is 1. The van der Waals surface area contributed by atoms with Crippen molar-refractivity contribution < 1.29 is 8.78 Å². The Morgan fingerprint density at radius 2 is 1.75 bits per heavy atom. The van der Waals surface area contributed by atoms with Crippen LogP contribution in [0.5, 0.6) is 0 Å². The molecule has 0 N–H and O–H groups in total. The van der Waals surface area contributed by atoms with Gasteiger partial charge in [0.15, 0.2) is 5.95 Å². The molecule has 0 amide bonds. The Hall–Kier alpha value is -2.16. The number of allylic oxidation sites excluding steroid dienone is 1. The molecule has 0 aromatic heterocycles. The second-order valence-electron chi connectivity index (χ2n) is 4.87. The van der Waals surface area contributed by atoms with E-state index in [1.165, 1.54) is 17.0 Å². The van der Waals surface area contributed by atoms with Crippen LogP contribution in [0.15, 0.2) is 60.6 Å². The van der Waals surface area contributed by atoms with E-state index in [1.54, 1.807) is 6.07 Å². The monoisotopic (exact) mass is 271 g/mol. The molecule has 1 aliphatic heterocycles. The Bertz CT molecular complexity index is 635. The third kappa shape index (κ3) is 2.44. The van der Waals surface area contributed by atoms with Crippen molar-refractivity contribution in [2.75, 3.05) is 11.4 Å². The van der Waals surface area contributed by atoms with Gasteiger partial charge >= 0.3 is 0 Å². The summed E-state index contributed by atoms with van der Waals surface area (Å²) < 4.78 is 28.0. The van der Waals surface area contributed by atoms with Crippen LogP contribution in [0.25, 0.3) is 0 Å². The molecule has 0 saturated heterocycles. The van der Waals surface area contributed by atoms with Gasteiger partial charge in [0, 0.05) is 6.54 Å². The van der Waals surface area contributed by atoms with E-state index in [1.807, 2.05) is 36.4 Å². The molecule has 102 valence electrons. The van der Waals surface area contributed by atoms with Crippen molar-refractivity contribution in [3.8, 4) is 0 Å². The minimum atomic E-state index is -0.362. The Balaban J connectivity index is 1.85. The Morgan fingerprint density at radius 3 is 2.55 bits per heavy atom. The van der Waals surface area contributed by atoms with Crippen LogP contribution in [0.3, 0.4) is 0 Å². The molecule has 0 aliphatic carbocycles. The number of halogens is 2. The summed E-state index contributed by atoms with van der Waals surface area (Å²) in [5, 5.41) is 0. The molecule has 1 aliphatic rings. The van der Waals surface area contributed by atoms with Crippen LogP contribution in [0, 0.1) is 5.82 Å². The minimum Gasteiger partial charge on any atom is -0.315 e. The quantitative estimate of drug-likeness (QED) is 0.755. The van der Waals surface area contributed by atoms with Gasteiger partial charge in [0.2, 0.25) is 0 Å². The van der Waals surface area contributed by atoms with Gasteiger partial charge in [-0.25, -0.2) is 4.39 Å². The summed E-state index contributed by atoms with van der Waals surface area (Å²) in [4.78, 5) is 1.43. The number of fused-ring (bicyclic) bond motifs is 1. The van der Waals surface area contributed by atoms with Crippen molar-refractivity contribution in [1.82, 2.24) is 0 Å². The summed E-state index contributed by atoms with van der Waals surface area (Å²) in [6.45, 7) is 0.431. The lowest BCUT2D eigenvalue weighted by atomic mass is 10.0. The molecule has 2 aromatic rings. The minimum absolute atomic E-state index is 0.362. The van der Waals surface area contributed by atoms with Crippen molar-refractivity contribution in [3.05, 3.63) is 77.5 Å². The topological polar surface area (TPSA) is 3.24 Å². The van der Waals surface area contributed by atoms with Crippen molar-refractivity contribution >= 4 is 5.69 Å². The molecule has 3 rings (SSSR count). The first-order valence-electron chi connectivity index (χ1n) is 6.70. The van der Waals surface area contributed by atoms with Gasteiger partial charge in [0.05, 0.1) is 5.69 Å². The lowest BCUT2D eigenvalue weighted by Gasteiger charge is -2.28. The Kier molecular flexibility index (Phi) is 3.50. The van der Waals surface area contributed by atoms with Crippen molar-refractivity contribution in [1.29, 1.82) is 0 Å². The van der Waals surface area contributed by atoms with E-state index in [2.05, 4.69) is 0 Å². The second kappa shape index (κ2) is 5.45. The van der Waals surface area contributed by atoms with E-state index < -0.39 is 0 Å². The van der Waals surface area contributed by atoms with Crippen LogP contribution >= 0.6 is 0 Å². The summed E-state index contributed by atoms with van der Waals surface area (Å²) in [5.74, 6) is -0.725. The van der Waals surface area contributed by atoms with Crippen LogP contribution in [0.1, 0.15) is 11.1 Å². The van der Waals surface area contributed by atoms with Gasteiger partial charge in [-0.2, -0.15) is 4.39 Å². The van der Waals surface area contributed by atoms with Crippen LogP contribution in [-0.4, -0.2) is 6.54 Å². The molecule has 0 spiro atoms. The maximum atomic E-state index is 14.0. The summed E-state index contributed by atoms with van der Waals surface area (Å²) in [5.41, 5.74) is 2.33. The maximum absolute atomic E-state index is 14.0. The molecule has 0 bridgehead atoms. The molecule has 0 saturated carbocycles. The van der Waals surface area contributed by atoms with Gasteiger partial charge in [-0.05, 0) is 36.1 Å². The van der Waals surface area contributed by atoms with Crippen LogP contribution in [0.2, 0.25) is 0 Å². The molecule has 0 atom stereocenters. The molecule has 1 nitrogen and oxygen atoms in total. The smallest absolute Gasteiger partial charge is 0.190 e. The number of rotatable bonds is 3. The standard InChI is InChI=1S/C17H15F2N/c18-15-8-4-7-14-9-10-16(19)20(17(14)15)12-11-13-5-2-1-3-6-13/h1-8,10H,9,11-12H2. The summed E-state index contributed by atoms with van der Waals surface area (Å²) in [7, 11) is 0. The fraction of sp³-hybridized carbons (Fsp3) is 0.176. The van der Waals surface area contributed by atoms with E-state index >= 15 is 0 Å². The molecule has 3 heteroatoms. The zero-order chi connectivity index (χ0) is 13.9. The number of hydrogen-bond acceptors (Lipinski definition) is 1. The molecule has 0 unspecified atom stereocenters. The lowest BCUT2D eigenvalue weighted by molar-refractivity contribution is 0.556. The van der Waals surface area contributed by atoms with Crippen molar-refractivity contribution in [2.45, 2.75) is 12.8 Å². The number of para-hydroxylation sites is 1. The first kappa shape index (κ1) is 12.9. The van der Waals surface area contributed by atoms with Gasteiger partial charge < -0.3 is 4.90 Å². The fourth-order valence-corrected chi connectivity index (χ4v) is 2.54. The molecular weight excluding hydrogens is 256 g/mol. The highest BCUT2D eigenvalue weighted by atomic mass is 19.1. The molecule has 0 fully saturated rings. The Morgan fingerprint density at radius 1 is 0.950 bits per heavy atom. The third-order valence-corrected chi connectivity index (χ3v) is 3.56. The lowest BCUT2D eigenvalue weighted by Crippen LogP contribution is -2.27. The number of benzene rings is 2. The predicted molar refractivity (Wildman–Crippen MR) is 76.8 cm³/mol. The van der Waals surface area contributed by atoms with Gasteiger partial charge in [-0.15, -0.1) is 0 Å². The van der Waals surface area contributed by atoms with Gasteiger partial charge in [-0.3, -0.25) is 0 Å².